The summed E-state index contributed by atoms with van der Waals surface area (Å²) in [4.78, 5) is 2.57. The lowest BCUT2D eigenvalue weighted by Crippen LogP contribution is -2.68. The Morgan fingerprint density at radius 3 is 2.21 bits per heavy atom. The van der Waals surface area contributed by atoms with E-state index in [0.29, 0.717) is 12.6 Å². The average Bonchev–Trinajstić information content (AvgIpc) is 2.72. The SMILES string of the molecule is COCCS(=O)(=O)C1CCN(C2C(N)CNCC23CCCCCCCCC3)CC1. The monoisotopic (exact) mass is 429 g/mol. The summed E-state index contributed by atoms with van der Waals surface area (Å²) in [6.45, 7) is 3.95. The first-order chi connectivity index (χ1) is 14.0. The van der Waals surface area contributed by atoms with E-state index in [1.54, 1.807) is 7.11 Å². The van der Waals surface area contributed by atoms with Crippen LogP contribution in [0.25, 0.3) is 0 Å². The topological polar surface area (TPSA) is 84.7 Å². The third-order valence-corrected chi connectivity index (χ3v) is 9.91. The summed E-state index contributed by atoms with van der Waals surface area (Å²) in [6, 6.07) is 0.513. The van der Waals surface area contributed by atoms with Gasteiger partial charge in [-0.2, -0.15) is 0 Å². The van der Waals surface area contributed by atoms with E-state index in [0.717, 1.165) is 39.0 Å². The molecule has 0 aromatic rings. The van der Waals surface area contributed by atoms with Gasteiger partial charge in [0.2, 0.25) is 0 Å². The number of piperidine rings is 2. The second kappa shape index (κ2) is 10.9. The molecule has 0 aromatic carbocycles. The third kappa shape index (κ3) is 5.94. The Balaban J connectivity index is 1.69. The number of nitrogens with one attached hydrogen (secondary N) is 1. The molecule has 3 N–H and O–H groups in total. The highest BCUT2D eigenvalue weighted by Gasteiger charge is 2.47. The Bertz CT molecular complexity index is 580. The van der Waals surface area contributed by atoms with Crippen LogP contribution < -0.4 is 11.1 Å². The minimum Gasteiger partial charge on any atom is -0.384 e. The van der Waals surface area contributed by atoms with Crippen molar-refractivity contribution in [1.82, 2.24) is 10.2 Å². The van der Waals surface area contributed by atoms with Crippen LogP contribution in [0.15, 0.2) is 0 Å². The molecule has 170 valence electrons. The maximum atomic E-state index is 12.6. The van der Waals surface area contributed by atoms with Crippen LogP contribution in [0, 0.1) is 5.41 Å². The molecule has 0 radical (unpaired) electrons. The van der Waals surface area contributed by atoms with Crippen molar-refractivity contribution in [1.29, 1.82) is 0 Å². The molecule has 2 unspecified atom stereocenters. The molecule has 1 spiro atoms. The molecule has 7 heteroatoms. The highest BCUT2D eigenvalue weighted by Crippen LogP contribution is 2.42. The van der Waals surface area contributed by atoms with Gasteiger partial charge in [0.05, 0.1) is 17.6 Å². The lowest BCUT2D eigenvalue weighted by molar-refractivity contribution is -0.00467. The maximum absolute atomic E-state index is 12.6. The number of rotatable bonds is 5. The van der Waals surface area contributed by atoms with E-state index in [-0.39, 0.29) is 22.5 Å². The molecular weight excluding hydrogens is 386 g/mol. The zero-order chi connectivity index (χ0) is 20.7. The molecule has 3 fully saturated rings. The predicted octanol–water partition coefficient (Wildman–Crippen LogP) is 2.32. The van der Waals surface area contributed by atoms with Gasteiger partial charge in [-0.25, -0.2) is 8.42 Å². The Hall–Kier alpha value is -0.210. The fourth-order valence-corrected chi connectivity index (χ4v) is 7.79. The van der Waals surface area contributed by atoms with Crippen LogP contribution in [-0.2, 0) is 14.6 Å². The van der Waals surface area contributed by atoms with Gasteiger partial charge in [-0.1, -0.05) is 44.9 Å². The summed E-state index contributed by atoms with van der Waals surface area (Å²) in [5, 5.41) is 3.43. The minimum atomic E-state index is -3.06. The van der Waals surface area contributed by atoms with Crippen LogP contribution in [0.4, 0.5) is 0 Å². The van der Waals surface area contributed by atoms with Crippen LogP contribution in [0.3, 0.4) is 0 Å². The molecule has 1 aliphatic carbocycles. The van der Waals surface area contributed by atoms with Gasteiger partial charge in [0, 0.05) is 32.3 Å². The van der Waals surface area contributed by atoms with Gasteiger partial charge in [-0.3, -0.25) is 4.90 Å². The zero-order valence-corrected chi connectivity index (χ0v) is 19.2. The lowest BCUT2D eigenvalue weighted by atomic mass is 9.66. The zero-order valence-electron chi connectivity index (χ0n) is 18.4. The summed E-state index contributed by atoms with van der Waals surface area (Å²) in [6.07, 6.45) is 13.4. The summed E-state index contributed by atoms with van der Waals surface area (Å²) < 4.78 is 30.2. The van der Waals surface area contributed by atoms with E-state index >= 15 is 0 Å². The van der Waals surface area contributed by atoms with Crippen molar-refractivity contribution in [3.8, 4) is 0 Å². The van der Waals surface area contributed by atoms with E-state index in [4.69, 9.17) is 10.5 Å². The number of ether oxygens (including phenoxy) is 1. The fraction of sp³-hybridized carbons (Fsp3) is 1.00. The third-order valence-electron chi connectivity index (χ3n) is 7.69. The molecule has 2 saturated heterocycles. The van der Waals surface area contributed by atoms with Crippen LogP contribution in [0.5, 0.6) is 0 Å². The number of nitrogens with zero attached hydrogens (tertiary/aromatic N) is 1. The predicted molar refractivity (Wildman–Crippen MR) is 119 cm³/mol. The van der Waals surface area contributed by atoms with Crippen molar-refractivity contribution in [2.24, 2.45) is 11.1 Å². The molecule has 0 bridgehead atoms. The first-order valence-electron chi connectivity index (χ1n) is 11.9. The molecule has 3 aliphatic rings. The Morgan fingerprint density at radius 2 is 1.62 bits per heavy atom. The molecule has 0 aromatic heterocycles. The Morgan fingerprint density at radius 1 is 1.03 bits per heavy atom. The van der Waals surface area contributed by atoms with Gasteiger partial charge < -0.3 is 15.8 Å². The second-order valence-corrected chi connectivity index (χ2v) is 12.1. The number of sulfone groups is 1. The summed E-state index contributed by atoms with van der Waals surface area (Å²) in [5.74, 6) is 0.144. The van der Waals surface area contributed by atoms with E-state index in [9.17, 15) is 8.42 Å². The minimum absolute atomic E-state index is 0.133. The van der Waals surface area contributed by atoms with Gasteiger partial charge in [0.1, 0.15) is 0 Å². The number of nitrogens with two attached hydrogens (primary N) is 1. The van der Waals surface area contributed by atoms with Crippen molar-refractivity contribution in [2.45, 2.75) is 88.0 Å². The molecule has 29 heavy (non-hydrogen) atoms. The van der Waals surface area contributed by atoms with E-state index < -0.39 is 9.84 Å². The van der Waals surface area contributed by atoms with Crippen LogP contribution in [0.2, 0.25) is 0 Å². The smallest absolute Gasteiger partial charge is 0.155 e. The molecular formula is C22H43N3O3S. The number of methoxy groups -OCH3 is 1. The Kier molecular flexibility index (Phi) is 8.81. The normalized spacial score (nSPS) is 31.0. The summed E-state index contributed by atoms with van der Waals surface area (Å²) in [7, 11) is -1.50. The van der Waals surface area contributed by atoms with Crippen molar-refractivity contribution < 1.29 is 13.2 Å². The molecule has 3 rings (SSSR count). The van der Waals surface area contributed by atoms with Gasteiger partial charge in [0.25, 0.3) is 0 Å². The van der Waals surface area contributed by atoms with Crippen molar-refractivity contribution in [3.63, 3.8) is 0 Å². The second-order valence-electron chi connectivity index (χ2n) is 9.67. The fourth-order valence-electron chi connectivity index (χ4n) is 6.13. The van der Waals surface area contributed by atoms with Crippen LogP contribution in [-0.4, -0.2) is 76.3 Å². The molecule has 2 heterocycles. The largest absolute Gasteiger partial charge is 0.384 e. The molecule has 2 atom stereocenters. The number of hydrogen-bond acceptors (Lipinski definition) is 6. The van der Waals surface area contributed by atoms with Gasteiger partial charge in [-0.05, 0) is 44.2 Å². The van der Waals surface area contributed by atoms with Crippen LogP contribution in [0.1, 0.15) is 70.6 Å². The van der Waals surface area contributed by atoms with Gasteiger partial charge in [-0.15, -0.1) is 0 Å². The van der Waals surface area contributed by atoms with E-state index in [1.807, 2.05) is 0 Å². The number of likely N-dealkylation sites (tertiary alicyclic amines) is 1. The van der Waals surface area contributed by atoms with E-state index in [2.05, 4.69) is 10.2 Å². The number of hydrogen-bond donors (Lipinski definition) is 2. The van der Waals surface area contributed by atoms with E-state index in [1.165, 1.54) is 57.8 Å². The molecule has 6 nitrogen and oxygen atoms in total. The first-order valence-corrected chi connectivity index (χ1v) is 13.6. The van der Waals surface area contributed by atoms with Crippen LogP contribution >= 0.6 is 0 Å². The van der Waals surface area contributed by atoms with Gasteiger partial charge in [0.15, 0.2) is 9.84 Å². The molecule has 2 aliphatic heterocycles. The highest BCUT2D eigenvalue weighted by molar-refractivity contribution is 7.92. The van der Waals surface area contributed by atoms with Crippen molar-refractivity contribution in [2.75, 3.05) is 45.6 Å². The standard InChI is InChI=1S/C22H43N3O3S/c1-28-15-16-29(26,27)19-9-13-25(14-10-19)21-20(23)17-24-18-22(21)11-7-5-3-2-4-6-8-12-22/h19-21,24H,2-18,23H2,1H3. The highest BCUT2D eigenvalue weighted by atomic mass is 32.2. The first kappa shape index (κ1) is 23.5. The van der Waals surface area contributed by atoms with Crippen molar-refractivity contribution in [3.05, 3.63) is 0 Å². The van der Waals surface area contributed by atoms with Gasteiger partial charge >= 0.3 is 0 Å². The maximum Gasteiger partial charge on any atom is 0.155 e. The molecule has 0 amide bonds. The summed E-state index contributed by atoms with van der Waals surface area (Å²) in [5.41, 5.74) is 6.97. The Labute approximate surface area is 178 Å². The molecule has 1 saturated carbocycles. The quantitative estimate of drug-likeness (QED) is 0.698. The lowest BCUT2D eigenvalue weighted by Gasteiger charge is -2.54. The summed E-state index contributed by atoms with van der Waals surface area (Å²) >= 11 is 0. The van der Waals surface area contributed by atoms with Crippen molar-refractivity contribution >= 4 is 9.84 Å². The average molecular weight is 430 g/mol.